The lowest BCUT2D eigenvalue weighted by molar-refractivity contribution is 0.271. The van der Waals surface area contributed by atoms with Crippen molar-refractivity contribution in [1.29, 1.82) is 0 Å². The minimum absolute atomic E-state index is 0.189. The molecule has 1 fully saturated rings. The smallest absolute Gasteiger partial charge is 0.0641 e. The second kappa shape index (κ2) is 5.02. The molecule has 0 radical (unpaired) electrons. The first-order valence-electron chi connectivity index (χ1n) is 6.80. The van der Waals surface area contributed by atoms with Crippen LogP contribution in [-0.2, 0) is 0 Å². The van der Waals surface area contributed by atoms with E-state index in [-0.39, 0.29) is 5.38 Å². The quantitative estimate of drug-likeness (QED) is 0.617. The Labute approximate surface area is 110 Å². The zero-order valence-electron chi connectivity index (χ0n) is 11.2. The van der Waals surface area contributed by atoms with Crippen LogP contribution in [-0.4, -0.2) is 0 Å². The fraction of sp³-hybridized carbons (Fsp3) is 0.625. The molecular weight excluding hydrogens is 228 g/mol. The van der Waals surface area contributed by atoms with Gasteiger partial charge < -0.3 is 0 Å². The van der Waals surface area contributed by atoms with Crippen molar-refractivity contribution in [1.82, 2.24) is 0 Å². The van der Waals surface area contributed by atoms with Crippen LogP contribution in [0.3, 0.4) is 0 Å². The van der Waals surface area contributed by atoms with Crippen LogP contribution in [0.25, 0.3) is 0 Å². The van der Waals surface area contributed by atoms with Crippen LogP contribution in [0.15, 0.2) is 18.2 Å². The van der Waals surface area contributed by atoms with Crippen LogP contribution < -0.4 is 0 Å². The molecule has 0 aliphatic heterocycles. The Balaban J connectivity index is 2.29. The normalized spacial score (nSPS) is 20.5. The van der Waals surface area contributed by atoms with Crippen LogP contribution >= 0.6 is 11.6 Å². The van der Waals surface area contributed by atoms with E-state index < -0.39 is 0 Å². The SMILES string of the molecule is CCC1(C(Cl)c2ccc(C)c(C)c2)CCCC1. The Kier molecular flexibility index (Phi) is 3.82. The Morgan fingerprint density at radius 2 is 1.82 bits per heavy atom. The summed E-state index contributed by atoms with van der Waals surface area (Å²) in [6, 6.07) is 6.71. The van der Waals surface area contributed by atoms with Crippen LogP contribution in [0.4, 0.5) is 0 Å². The van der Waals surface area contributed by atoms with Gasteiger partial charge in [-0.3, -0.25) is 0 Å². The fourth-order valence-electron chi connectivity index (χ4n) is 3.14. The molecule has 1 aromatic carbocycles. The van der Waals surface area contributed by atoms with Crippen molar-refractivity contribution in [3.8, 4) is 0 Å². The number of rotatable bonds is 3. The van der Waals surface area contributed by atoms with Crippen LogP contribution in [0, 0.1) is 19.3 Å². The van der Waals surface area contributed by atoms with Crippen molar-refractivity contribution in [2.75, 3.05) is 0 Å². The molecule has 0 N–H and O–H groups in total. The van der Waals surface area contributed by atoms with Crippen molar-refractivity contribution in [2.24, 2.45) is 5.41 Å². The predicted octanol–water partition coefficient (Wildman–Crippen LogP) is 5.55. The molecule has 0 spiro atoms. The standard InChI is InChI=1S/C16H23Cl/c1-4-16(9-5-6-10-16)15(17)14-8-7-12(2)13(3)11-14/h7-8,11,15H,4-6,9-10H2,1-3H3. The summed E-state index contributed by atoms with van der Waals surface area (Å²) in [4.78, 5) is 0. The van der Waals surface area contributed by atoms with Gasteiger partial charge in [-0.25, -0.2) is 0 Å². The zero-order chi connectivity index (χ0) is 12.5. The Morgan fingerprint density at radius 3 is 2.35 bits per heavy atom. The summed E-state index contributed by atoms with van der Waals surface area (Å²) < 4.78 is 0. The van der Waals surface area contributed by atoms with Gasteiger partial charge in [-0.05, 0) is 55.2 Å². The topological polar surface area (TPSA) is 0 Å². The summed E-state index contributed by atoms with van der Waals surface area (Å²) in [6.07, 6.45) is 6.49. The number of hydrogen-bond donors (Lipinski definition) is 0. The molecule has 1 aromatic rings. The van der Waals surface area contributed by atoms with Crippen molar-refractivity contribution < 1.29 is 0 Å². The monoisotopic (exact) mass is 250 g/mol. The van der Waals surface area contributed by atoms with Gasteiger partial charge in [0.2, 0.25) is 0 Å². The van der Waals surface area contributed by atoms with E-state index in [0.717, 1.165) is 0 Å². The maximum absolute atomic E-state index is 6.79. The van der Waals surface area contributed by atoms with Crippen molar-refractivity contribution in [3.05, 3.63) is 34.9 Å². The van der Waals surface area contributed by atoms with Gasteiger partial charge in [-0.2, -0.15) is 0 Å². The number of hydrogen-bond acceptors (Lipinski definition) is 0. The Morgan fingerprint density at radius 1 is 1.18 bits per heavy atom. The third kappa shape index (κ3) is 2.38. The van der Waals surface area contributed by atoms with E-state index in [2.05, 4.69) is 39.0 Å². The minimum atomic E-state index is 0.189. The number of halogens is 1. The van der Waals surface area contributed by atoms with Gasteiger partial charge in [-0.15, -0.1) is 11.6 Å². The van der Waals surface area contributed by atoms with E-state index in [1.807, 2.05) is 0 Å². The maximum Gasteiger partial charge on any atom is 0.0641 e. The van der Waals surface area contributed by atoms with Gasteiger partial charge in [0, 0.05) is 0 Å². The average molecular weight is 251 g/mol. The summed E-state index contributed by atoms with van der Waals surface area (Å²) in [6.45, 7) is 6.63. The molecule has 17 heavy (non-hydrogen) atoms. The second-order valence-corrected chi connectivity index (χ2v) is 6.07. The van der Waals surface area contributed by atoms with E-state index >= 15 is 0 Å². The lowest BCUT2D eigenvalue weighted by Crippen LogP contribution is -2.21. The molecule has 0 heterocycles. The lowest BCUT2D eigenvalue weighted by Gasteiger charge is -2.33. The molecule has 0 amide bonds. The van der Waals surface area contributed by atoms with Gasteiger partial charge >= 0.3 is 0 Å². The molecular formula is C16H23Cl. The van der Waals surface area contributed by atoms with Crippen LogP contribution in [0.5, 0.6) is 0 Å². The highest BCUT2D eigenvalue weighted by Gasteiger charge is 2.39. The fourth-order valence-corrected chi connectivity index (χ4v) is 3.65. The third-order valence-electron chi connectivity index (χ3n) is 4.66. The summed E-state index contributed by atoms with van der Waals surface area (Å²) in [5.41, 5.74) is 4.38. The largest absolute Gasteiger partial charge is 0.117 e. The number of aryl methyl sites for hydroxylation is 2. The molecule has 0 saturated heterocycles. The summed E-state index contributed by atoms with van der Waals surface area (Å²) in [5.74, 6) is 0. The second-order valence-electron chi connectivity index (χ2n) is 5.63. The average Bonchev–Trinajstić information content (AvgIpc) is 2.81. The molecule has 1 unspecified atom stereocenters. The van der Waals surface area contributed by atoms with E-state index in [1.165, 1.54) is 48.8 Å². The van der Waals surface area contributed by atoms with Crippen molar-refractivity contribution in [2.45, 2.75) is 58.3 Å². The van der Waals surface area contributed by atoms with Crippen LogP contribution in [0.2, 0.25) is 0 Å². The molecule has 0 aromatic heterocycles. The van der Waals surface area contributed by atoms with Crippen molar-refractivity contribution in [3.63, 3.8) is 0 Å². The van der Waals surface area contributed by atoms with E-state index in [1.54, 1.807) is 0 Å². The molecule has 1 aliphatic rings. The molecule has 0 bridgehead atoms. The van der Waals surface area contributed by atoms with Gasteiger partial charge in [0.15, 0.2) is 0 Å². The first-order chi connectivity index (χ1) is 8.09. The molecule has 1 atom stereocenters. The van der Waals surface area contributed by atoms with Crippen molar-refractivity contribution >= 4 is 11.6 Å². The summed E-state index contributed by atoms with van der Waals surface area (Å²) >= 11 is 6.79. The molecule has 2 rings (SSSR count). The maximum atomic E-state index is 6.79. The van der Waals surface area contributed by atoms with Crippen LogP contribution in [0.1, 0.15) is 61.1 Å². The zero-order valence-corrected chi connectivity index (χ0v) is 12.0. The highest BCUT2D eigenvalue weighted by atomic mass is 35.5. The van der Waals surface area contributed by atoms with Gasteiger partial charge in [0.1, 0.15) is 0 Å². The first-order valence-corrected chi connectivity index (χ1v) is 7.24. The molecule has 1 aliphatic carbocycles. The van der Waals surface area contributed by atoms with E-state index in [0.29, 0.717) is 5.41 Å². The molecule has 1 saturated carbocycles. The third-order valence-corrected chi connectivity index (χ3v) is 5.38. The molecule has 0 nitrogen and oxygen atoms in total. The van der Waals surface area contributed by atoms with E-state index in [4.69, 9.17) is 11.6 Å². The Bertz CT molecular complexity index is 389. The number of alkyl halides is 1. The Hall–Kier alpha value is -0.490. The van der Waals surface area contributed by atoms with Gasteiger partial charge in [0.05, 0.1) is 5.38 Å². The lowest BCUT2D eigenvalue weighted by atomic mass is 9.77. The molecule has 94 valence electrons. The van der Waals surface area contributed by atoms with Gasteiger partial charge in [0.25, 0.3) is 0 Å². The first kappa shape index (κ1) is 13.0. The minimum Gasteiger partial charge on any atom is -0.117 e. The summed E-state index contributed by atoms with van der Waals surface area (Å²) in [7, 11) is 0. The predicted molar refractivity (Wildman–Crippen MR) is 75.7 cm³/mol. The molecule has 1 heteroatoms. The summed E-state index contributed by atoms with van der Waals surface area (Å²) in [5, 5.41) is 0.189. The van der Waals surface area contributed by atoms with Gasteiger partial charge in [-0.1, -0.05) is 38.0 Å². The van der Waals surface area contributed by atoms with E-state index in [9.17, 15) is 0 Å². The highest BCUT2D eigenvalue weighted by molar-refractivity contribution is 6.21. The highest BCUT2D eigenvalue weighted by Crippen LogP contribution is 2.53. The number of benzene rings is 1.